The van der Waals surface area contributed by atoms with E-state index in [1.807, 2.05) is 45.0 Å². The van der Waals surface area contributed by atoms with Crippen LogP contribution in [0.2, 0.25) is 0 Å². The molecule has 7 nitrogen and oxygen atoms in total. The Kier molecular flexibility index (Phi) is 7.43. The molecule has 35 heavy (non-hydrogen) atoms. The van der Waals surface area contributed by atoms with Crippen molar-refractivity contribution in [3.8, 4) is 11.1 Å². The Morgan fingerprint density at radius 1 is 1.06 bits per heavy atom. The van der Waals surface area contributed by atoms with Crippen LogP contribution < -0.4 is 5.32 Å². The summed E-state index contributed by atoms with van der Waals surface area (Å²) in [4.78, 5) is 39.3. The second kappa shape index (κ2) is 10.5. The quantitative estimate of drug-likeness (QED) is 0.604. The summed E-state index contributed by atoms with van der Waals surface area (Å²) >= 11 is 0. The van der Waals surface area contributed by atoms with Crippen LogP contribution in [0.4, 0.5) is 4.79 Å². The fourth-order valence-corrected chi connectivity index (χ4v) is 5.40. The second-order valence-corrected chi connectivity index (χ2v) is 10.1. The highest BCUT2D eigenvalue weighted by atomic mass is 16.5. The van der Waals surface area contributed by atoms with E-state index in [-0.39, 0.29) is 30.4 Å². The fourth-order valence-electron chi connectivity index (χ4n) is 5.40. The zero-order valence-corrected chi connectivity index (χ0v) is 20.6. The molecule has 2 aliphatic rings. The highest BCUT2D eigenvalue weighted by Crippen LogP contribution is 2.44. The predicted molar refractivity (Wildman–Crippen MR) is 133 cm³/mol. The third-order valence-corrected chi connectivity index (χ3v) is 7.15. The first-order chi connectivity index (χ1) is 16.8. The number of fused-ring (bicyclic) bond motifs is 3. The molecule has 1 heterocycles. The fraction of sp³-hybridized carbons (Fsp3) is 0.464. The summed E-state index contributed by atoms with van der Waals surface area (Å²) in [6.07, 6.45) is 0.707. The number of piperidine rings is 1. The van der Waals surface area contributed by atoms with Crippen molar-refractivity contribution in [3.05, 3.63) is 59.7 Å². The van der Waals surface area contributed by atoms with Crippen LogP contribution in [0.25, 0.3) is 11.1 Å². The van der Waals surface area contributed by atoms with Crippen molar-refractivity contribution in [2.45, 2.75) is 58.0 Å². The molecule has 4 rings (SSSR count). The summed E-state index contributed by atoms with van der Waals surface area (Å²) in [6, 6.07) is 15.4. The minimum atomic E-state index is -0.820. The Bertz CT molecular complexity index is 1050. The van der Waals surface area contributed by atoms with Gasteiger partial charge in [-0.1, -0.05) is 62.4 Å². The standard InChI is InChI=1S/C28H34N2O5/c1-17(2)14-25(26(31)30-13-12-19(27(32)33)15-18(30)3)29-28(34)35-16-24-22-10-6-4-8-20(22)21-9-5-7-11-23(21)24/h4-11,17-19,24-25H,12-16H2,1-3H3,(H,29,34)(H,32,33)/t18?,19?,25-/m1/s1. The number of rotatable bonds is 7. The van der Waals surface area contributed by atoms with Crippen LogP contribution in [0.1, 0.15) is 57.1 Å². The number of hydrogen-bond donors (Lipinski definition) is 2. The first-order valence-electron chi connectivity index (χ1n) is 12.4. The lowest BCUT2D eigenvalue weighted by atomic mass is 9.90. The molecule has 2 unspecified atom stereocenters. The number of likely N-dealkylation sites (tertiary alicyclic amines) is 1. The number of ether oxygens (including phenoxy) is 1. The first kappa shape index (κ1) is 24.8. The lowest BCUT2D eigenvalue weighted by molar-refractivity contribution is -0.148. The van der Waals surface area contributed by atoms with E-state index < -0.39 is 24.0 Å². The molecule has 1 aliphatic heterocycles. The van der Waals surface area contributed by atoms with Gasteiger partial charge < -0.3 is 20.1 Å². The third-order valence-electron chi connectivity index (χ3n) is 7.15. The molecule has 0 saturated carbocycles. The van der Waals surface area contributed by atoms with Crippen molar-refractivity contribution in [2.75, 3.05) is 13.2 Å². The van der Waals surface area contributed by atoms with Crippen molar-refractivity contribution in [1.29, 1.82) is 0 Å². The number of carbonyl (C=O) groups is 3. The maximum absolute atomic E-state index is 13.4. The minimum absolute atomic E-state index is 0.0533. The molecule has 2 aromatic rings. The van der Waals surface area contributed by atoms with Gasteiger partial charge in [0, 0.05) is 18.5 Å². The van der Waals surface area contributed by atoms with Gasteiger partial charge in [0.25, 0.3) is 0 Å². The third kappa shape index (κ3) is 5.34. The number of amides is 2. The van der Waals surface area contributed by atoms with Gasteiger partial charge in [-0.05, 0) is 54.4 Å². The molecule has 1 saturated heterocycles. The molecular weight excluding hydrogens is 444 g/mol. The molecule has 0 bridgehead atoms. The van der Waals surface area contributed by atoms with Gasteiger partial charge in [-0.2, -0.15) is 0 Å². The molecule has 0 aromatic heterocycles. The summed E-state index contributed by atoms with van der Waals surface area (Å²) in [5.74, 6) is -1.30. The number of hydrogen-bond acceptors (Lipinski definition) is 4. The number of benzene rings is 2. The van der Waals surface area contributed by atoms with Crippen LogP contribution in [0.15, 0.2) is 48.5 Å². The van der Waals surface area contributed by atoms with Gasteiger partial charge in [0.05, 0.1) is 5.92 Å². The molecule has 2 aromatic carbocycles. The zero-order chi connectivity index (χ0) is 25.1. The van der Waals surface area contributed by atoms with Crippen molar-refractivity contribution in [2.24, 2.45) is 11.8 Å². The lowest BCUT2D eigenvalue weighted by Gasteiger charge is -2.38. The summed E-state index contributed by atoms with van der Waals surface area (Å²) in [5, 5.41) is 12.1. The Labute approximate surface area is 206 Å². The van der Waals surface area contributed by atoms with Crippen LogP contribution in [-0.2, 0) is 14.3 Å². The van der Waals surface area contributed by atoms with Crippen LogP contribution in [0, 0.1) is 11.8 Å². The van der Waals surface area contributed by atoms with Gasteiger partial charge in [-0.25, -0.2) is 4.79 Å². The Balaban J connectivity index is 1.42. The Morgan fingerprint density at radius 3 is 2.20 bits per heavy atom. The molecular formula is C28H34N2O5. The predicted octanol–water partition coefficient (Wildman–Crippen LogP) is 4.65. The van der Waals surface area contributed by atoms with Crippen LogP contribution in [0.5, 0.6) is 0 Å². The molecule has 0 radical (unpaired) electrons. The number of nitrogens with one attached hydrogen (secondary N) is 1. The van der Waals surface area contributed by atoms with Crippen molar-refractivity contribution in [3.63, 3.8) is 0 Å². The van der Waals surface area contributed by atoms with Crippen molar-refractivity contribution >= 4 is 18.0 Å². The summed E-state index contributed by atoms with van der Waals surface area (Å²) < 4.78 is 5.67. The first-order valence-corrected chi connectivity index (χ1v) is 12.4. The van der Waals surface area contributed by atoms with E-state index in [2.05, 4.69) is 29.6 Å². The van der Waals surface area contributed by atoms with Crippen LogP contribution in [0.3, 0.4) is 0 Å². The van der Waals surface area contributed by atoms with E-state index >= 15 is 0 Å². The largest absolute Gasteiger partial charge is 0.481 e. The molecule has 0 spiro atoms. The van der Waals surface area contributed by atoms with E-state index in [4.69, 9.17) is 4.74 Å². The summed E-state index contributed by atoms with van der Waals surface area (Å²) in [7, 11) is 0. The number of carbonyl (C=O) groups excluding carboxylic acids is 2. The highest BCUT2D eigenvalue weighted by Gasteiger charge is 2.36. The van der Waals surface area contributed by atoms with Crippen LogP contribution >= 0.6 is 0 Å². The molecule has 3 atom stereocenters. The summed E-state index contributed by atoms with van der Waals surface area (Å²) in [6.45, 7) is 6.42. The Hall–Kier alpha value is -3.35. The number of alkyl carbamates (subject to hydrolysis) is 1. The van der Waals surface area contributed by atoms with Gasteiger partial charge in [0.1, 0.15) is 12.6 Å². The van der Waals surface area contributed by atoms with Gasteiger partial charge in [-0.15, -0.1) is 0 Å². The van der Waals surface area contributed by atoms with Gasteiger partial charge >= 0.3 is 12.1 Å². The van der Waals surface area contributed by atoms with Gasteiger partial charge in [-0.3, -0.25) is 9.59 Å². The molecule has 2 amide bonds. The molecule has 2 N–H and O–H groups in total. The van der Waals surface area contributed by atoms with Gasteiger partial charge in [0.15, 0.2) is 0 Å². The summed E-state index contributed by atoms with van der Waals surface area (Å²) in [5.41, 5.74) is 4.57. The topological polar surface area (TPSA) is 95.9 Å². The molecule has 1 fully saturated rings. The Morgan fingerprint density at radius 2 is 1.66 bits per heavy atom. The van der Waals surface area contributed by atoms with Crippen molar-refractivity contribution < 1.29 is 24.2 Å². The van der Waals surface area contributed by atoms with E-state index in [0.717, 1.165) is 22.3 Å². The number of carboxylic acids is 1. The van der Waals surface area contributed by atoms with Crippen LogP contribution in [-0.4, -0.2) is 53.2 Å². The van der Waals surface area contributed by atoms with Crippen molar-refractivity contribution in [1.82, 2.24) is 10.2 Å². The monoisotopic (exact) mass is 478 g/mol. The smallest absolute Gasteiger partial charge is 0.407 e. The SMILES string of the molecule is CC(C)C[C@@H](NC(=O)OCC1c2ccccc2-c2ccccc21)C(=O)N1CCC(C(=O)O)CC1C. The normalized spacial score (nSPS) is 20.2. The maximum atomic E-state index is 13.4. The number of carboxylic acid groups (broad SMARTS) is 1. The second-order valence-electron chi connectivity index (χ2n) is 10.1. The average Bonchev–Trinajstić information content (AvgIpc) is 3.15. The van der Waals surface area contributed by atoms with E-state index in [1.54, 1.807) is 4.90 Å². The average molecular weight is 479 g/mol. The highest BCUT2D eigenvalue weighted by molar-refractivity contribution is 5.86. The lowest BCUT2D eigenvalue weighted by Crippen LogP contribution is -2.54. The molecule has 186 valence electrons. The zero-order valence-electron chi connectivity index (χ0n) is 20.6. The van der Waals surface area contributed by atoms with Gasteiger partial charge in [0.2, 0.25) is 5.91 Å². The van der Waals surface area contributed by atoms with E-state index in [1.165, 1.54) is 0 Å². The van der Waals surface area contributed by atoms with E-state index in [0.29, 0.717) is 25.8 Å². The minimum Gasteiger partial charge on any atom is -0.481 e. The molecule has 1 aliphatic carbocycles. The maximum Gasteiger partial charge on any atom is 0.407 e. The number of aliphatic carboxylic acids is 1. The van der Waals surface area contributed by atoms with E-state index in [9.17, 15) is 19.5 Å². The molecule has 7 heteroatoms. The number of nitrogens with zero attached hydrogens (tertiary/aromatic N) is 1.